The van der Waals surface area contributed by atoms with Crippen LogP contribution >= 0.6 is 11.3 Å². The molecule has 1 heterocycles. The molecule has 1 aromatic carbocycles. The minimum atomic E-state index is -3.52. The van der Waals surface area contributed by atoms with E-state index >= 15 is 0 Å². The van der Waals surface area contributed by atoms with Gasteiger partial charge in [0, 0.05) is 17.7 Å². The third-order valence-corrected chi connectivity index (χ3v) is 5.52. The molecule has 114 valence electrons. The van der Waals surface area contributed by atoms with Crippen LogP contribution in [0.15, 0.2) is 40.6 Å². The van der Waals surface area contributed by atoms with E-state index in [9.17, 15) is 8.42 Å². The smallest absolute Gasteiger partial charge is 0.271 e. The highest BCUT2D eigenvalue weighted by molar-refractivity contribution is 7.94. The molecule has 0 saturated heterocycles. The van der Waals surface area contributed by atoms with Gasteiger partial charge in [0.1, 0.15) is 16.6 Å². The number of thiophene rings is 1. The van der Waals surface area contributed by atoms with Gasteiger partial charge in [0.25, 0.3) is 10.0 Å². The SMILES string of the molecule is COCCOc1ccc(NS(=O)(=O)c2ccc(C)s2)cc1. The summed E-state index contributed by atoms with van der Waals surface area (Å²) in [7, 11) is -1.91. The first-order valence-corrected chi connectivity index (χ1v) is 8.62. The van der Waals surface area contributed by atoms with Crippen LogP contribution in [0, 0.1) is 6.92 Å². The van der Waals surface area contributed by atoms with Crippen LogP contribution < -0.4 is 9.46 Å². The molecule has 0 atom stereocenters. The van der Waals surface area contributed by atoms with Gasteiger partial charge in [0.2, 0.25) is 0 Å². The normalized spacial score (nSPS) is 11.3. The quantitative estimate of drug-likeness (QED) is 0.794. The highest BCUT2D eigenvalue weighted by Gasteiger charge is 2.16. The highest BCUT2D eigenvalue weighted by atomic mass is 32.2. The molecule has 21 heavy (non-hydrogen) atoms. The summed E-state index contributed by atoms with van der Waals surface area (Å²) < 4.78 is 37.5. The monoisotopic (exact) mass is 327 g/mol. The molecule has 0 unspecified atom stereocenters. The Kier molecular flexibility index (Phi) is 5.22. The molecular weight excluding hydrogens is 310 g/mol. The molecule has 0 saturated carbocycles. The number of sulfonamides is 1. The van der Waals surface area contributed by atoms with Crippen LogP contribution in [0.3, 0.4) is 0 Å². The maximum Gasteiger partial charge on any atom is 0.271 e. The predicted molar refractivity (Wildman–Crippen MR) is 83.7 cm³/mol. The molecule has 0 amide bonds. The van der Waals surface area contributed by atoms with Gasteiger partial charge in [-0.2, -0.15) is 0 Å². The van der Waals surface area contributed by atoms with Gasteiger partial charge >= 0.3 is 0 Å². The molecule has 0 aliphatic rings. The molecule has 2 rings (SSSR count). The number of rotatable bonds is 7. The van der Waals surface area contributed by atoms with Crippen molar-refractivity contribution in [2.75, 3.05) is 25.0 Å². The molecule has 1 aromatic heterocycles. The van der Waals surface area contributed by atoms with E-state index in [2.05, 4.69) is 4.72 Å². The van der Waals surface area contributed by atoms with Crippen molar-refractivity contribution in [2.24, 2.45) is 0 Å². The summed E-state index contributed by atoms with van der Waals surface area (Å²) in [6, 6.07) is 10.2. The number of ether oxygens (including phenoxy) is 2. The zero-order valence-corrected chi connectivity index (χ0v) is 13.5. The summed E-state index contributed by atoms with van der Waals surface area (Å²) in [5.74, 6) is 0.668. The zero-order chi connectivity index (χ0) is 15.3. The summed E-state index contributed by atoms with van der Waals surface area (Å²) in [5.41, 5.74) is 0.500. The maximum atomic E-state index is 12.2. The number of nitrogens with one attached hydrogen (secondary N) is 1. The third kappa shape index (κ3) is 4.45. The Labute approximate surface area is 128 Å². The molecule has 0 spiro atoms. The van der Waals surface area contributed by atoms with Crippen molar-refractivity contribution < 1.29 is 17.9 Å². The fourth-order valence-electron chi connectivity index (χ4n) is 1.62. The number of hydrogen-bond acceptors (Lipinski definition) is 5. The van der Waals surface area contributed by atoms with E-state index < -0.39 is 10.0 Å². The zero-order valence-electron chi connectivity index (χ0n) is 11.8. The van der Waals surface area contributed by atoms with Gasteiger partial charge in [-0.1, -0.05) is 0 Å². The number of anilines is 1. The number of methoxy groups -OCH3 is 1. The summed E-state index contributed by atoms with van der Waals surface area (Å²) in [4.78, 5) is 0.956. The maximum absolute atomic E-state index is 12.2. The van der Waals surface area contributed by atoms with Crippen LogP contribution in [-0.4, -0.2) is 28.7 Å². The first kappa shape index (κ1) is 15.8. The molecular formula is C14H17NO4S2. The molecule has 2 aromatic rings. The molecule has 0 radical (unpaired) electrons. The summed E-state index contributed by atoms with van der Waals surface area (Å²) >= 11 is 1.24. The average Bonchev–Trinajstić information content (AvgIpc) is 2.88. The van der Waals surface area contributed by atoms with Gasteiger partial charge in [0.05, 0.1) is 6.61 Å². The lowest BCUT2D eigenvalue weighted by atomic mass is 10.3. The van der Waals surface area contributed by atoms with Gasteiger partial charge in [-0.25, -0.2) is 8.42 Å². The molecule has 0 aliphatic heterocycles. The molecule has 0 bridgehead atoms. The largest absolute Gasteiger partial charge is 0.491 e. The van der Waals surface area contributed by atoms with Crippen molar-refractivity contribution in [3.05, 3.63) is 41.3 Å². The molecule has 1 N–H and O–H groups in total. The van der Waals surface area contributed by atoms with Crippen molar-refractivity contribution >= 4 is 27.0 Å². The van der Waals surface area contributed by atoms with E-state index in [-0.39, 0.29) is 0 Å². The van der Waals surface area contributed by atoms with Gasteiger partial charge in [-0.15, -0.1) is 11.3 Å². The molecule has 5 nitrogen and oxygen atoms in total. The van der Waals surface area contributed by atoms with Crippen molar-refractivity contribution in [1.29, 1.82) is 0 Å². The van der Waals surface area contributed by atoms with E-state index in [1.54, 1.807) is 43.5 Å². The molecule has 7 heteroatoms. The second kappa shape index (κ2) is 6.93. The Bertz CT molecular complexity index is 677. The van der Waals surface area contributed by atoms with Gasteiger partial charge in [-0.05, 0) is 43.3 Å². The lowest BCUT2D eigenvalue weighted by Gasteiger charge is -2.08. The molecule has 0 aliphatic carbocycles. The van der Waals surface area contributed by atoms with Crippen LogP contribution in [0.1, 0.15) is 4.88 Å². The van der Waals surface area contributed by atoms with E-state index in [1.165, 1.54) is 11.3 Å². The fraction of sp³-hybridized carbons (Fsp3) is 0.286. The van der Waals surface area contributed by atoms with Gasteiger partial charge < -0.3 is 9.47 Å². The third-order valence-electron chi connectivity index (χ3n) is 2.64. The number of benzene rings is 1. The van der Waals surface area contributed by atoms with E-state index in [0.29, 0.717) is 28.9 Å². The van der Waals surface area contributed by atoms with Crippen LogP contribution in [0.2, 0.25) is 0 Å². The second-order valence-corrected chi connectivity index (χ2v) is 7.53. The van der Waals surface area contributed by atoms with Gasteiger partial charge in [0.15, 0.2) is 0 Å². The topological polar surface area (TPSA) is 64.6 Å². The van der Waals surface area contributed by atoms with E-state index in [1.807, 2.05) is 6.92 Å². The Hall–Kier alpha value is -1.57. The van der Waals surface area contributed by atoms with Crippen LogP contribution in [0.4, 0.5) is 5.69 Å². The summed E-state index contributed by atoms with van der Waals surface area (Å²) in [5, 5.41) is 0. The number of aryl methyl sites for hydroxylation is 1. The Balaban J connectivity index is 2.03. The van der Waals surface area contributed by atoms with Crippen molar-refractivity contribution in [3.8, 4) is 5.75 Å². The number of hydrogen-bond donors (Lipinski definition) is 1. The Morgan fingerprint density at radius 1 is 1.10 bits per heavy atom. The lowest BCUT2D eigenvalue weighted by Crippen LogP contribution is -2.11. The first-order chi connectivity index (χ1) is 10.0. The fourth-order valence-corrected chi connectivity index (χ4v) is 3.97. The minimum absolute atomic E-state index is 0.306. The van der Waals surface area contributed by atoms with Gasteiger partial charge in [-0.3, -0.25) is 4.72 Å². The summed E-state index contributed by atoms with van der Waals surface area (Å²) in [6.45, 7) is 2.83. The predicted octanol–water partition coefficient (Wildman–Crippen LogP) is 2.88. The molecule has 0 fully saturated rings. The van der Waals surface area contributed by atoms with Crippen LogP contribution in [0.25, 0.3) is 0 Å². The Morgan fingerprint density at radius 2 is 1.81 bits per heavy atom. The van der Waals surface area contributed by atoms with Crippen LogP contribution in [0.5, 0.6) is 5.75 Å². The van der Waals surface area contributed by atoms with E-state index in [0.717, 1.165) is 4.88 Å². The van der Waals surface area contributed by atoms with Crippen molar-refractivity contribution in [2.45, 2.75) is 11.1 Å². The van der Waals surface area contributed by atoms with Crippen molar-refractivity contribution in [1.82, 2.24) is 0 Å². The van der Waals surface area contributed by atoms with E-state index in [4.69, 9.17) is 9.47 Å². The second-order valence-electron chi connectivity index (χ2n) is 4.34. The van der Waals surface area contributed by atoms with Crippen molar-refractivity contribution in [3.63, 3.8) is 0 Å². The lowest BCUT2D eigenvalue weighted by molar-refractivity contribution is 0.146. The van der Waals surface area contributed by atoms with Crippen LogP contribution in [-0.2, 0) is 14.8 Å². The minimum Gasteiger partial charge on any atom is -0.491 e. The Morgan fingerprint density at radius 3 is 2.38 bits per heavy atom. The highest BCUT2D eigenvalue weighted by Crippen LogP contribution is 2.24. The standard InChI is InChI=1S/C14H17NO4S2/c1-11-3-8-14(20-11)21(16,17)15-12-4-6-13(7-5-12)19-10-9-18-2/h3-8,15H,9-10H2,1-2H3. The average molecular weight is 327 g/mol. The summed E-state index contributed by atoms with van der Waals surface area (Å²) in [6.07, 6.45) is 0. The first-order valence-electron chi connectivity index (χ1n) is 6.32.